The van der Waals surface area contributed by atoms with Crippen molar-refractivity contribution in [2.45, 2.75) is 5.41 Å². The van der Waals surface area contributed by atoms with E-state index in [0.29, 0.717) is 0 Å². The highest BCUT2D eigenvalue weighted by Gasteiger charge is 2.50. The minimum absolute atomic E-state index is 0.441. The minimum Gasteiger partial charge on any atom is -0.309 e. The number of hydrogen-bond donors (Lipinski definition) is 0. The van der Waals surface area contributed by atoms with Crippen molar-refractivity contribution in [3.8, 4) is 61.6 Å². The molecule has 1 aliphatic carbocycles. The molecule has 1 spiro atoms. The summed E-state index contributed by atoms with van der Waals surface area (Å²) in [5.74, 6) is 0. The smallest absolute Gasteiger partial charge is 0.0754 e. The maximum absolute atomic E-state index is 5.11. The normalized spacial score (nSPS) is 13.1. The third kappa shape index (κ3) is 4.30. The lowest BCUT2D eigenvalue weighted by Gasteiger charge is -2.39. The van der Waals surface area contributed by atoms with Gasteiger partial charge in [-0.1, -0.05) is 182 Å². The van der Waals surface area contributed by atoms with Gasteiger partial charge in [0, 0.05) is 21.9 Å². The summed E-state index contributed by atoms with van der Waals surface area (Å²) in [5.41, 5.74) is 20.2. The average molecular weight is 711 g/mol. The highest BCUT2D eigenvalue weighted by atomic mass is 15.0. The van der Waals surface area contributed by atoms with Gasteiger partial charge in [-0.15, -0.1) is 0 Å². The summed E-state index contributed by atoms with van der Waals surface area (Å²) in [6, 6.07) is 75.5. The van der Waals surface area contributed by atoms with Gasteiger partial charge < -0.3 is 4.57 Å². The number of para-hydroxylation sites is 2. The van der Waals surface area contributed by atoms with E-state index < -0.39 is 5.41 Å². The van der Waals surface area contributed by atoms with Crippen molar-refractivity contribution in [2.75, 3.05) is 0 Å². The molecule has 260 valence electrons. The van der Waals surface area contributed by atoms with Crippen LogP contribution in [0.2, 0.25) is 0 Å². The van der Waals surface area contributed by atoms with Gasteiger partial charge in [0.1, 0.15) is 0 Å². The minimum atomic E-state index is -0.441. The van der Waals surface area contributed by atoms with Crippen LogP contribution < -0.4 is 0 Å². The van der Waals surface area contributed by atoms with E-state index in [-0.39, 0.29) is 0 Å². The maximum atomic E-state index is 5.11. The van der Waals surface area contributed by atoms with Crippen molar-refractivity contribution in [1.82, 2.24) is 9.55 Å². The Morgan fingerprint density at radius 3 is 1.52 bits per heavy atom. The van der Waals surface area contributed by atoms with Crippen LogP contribution in [0.4, 0.5) is 0 Å². The lowest BCUT2D eigenvalue weighted by atomic mass is 9.65. The van der Waals surface area contributed by atoms with Crippen molar-refractivity contribution in [1.29, 1.82) is 0 Å². The molecule has 0 saturated carbocycles. The second-order valence-electron chi connectivity index (χ2n) is 15.1. The summed E-state index contributed by atoms with van der Waals surface area (Å²) in [5, 5.41) is 2.57. The first-order chi connectivity index (χ1) is 27.8. The Labute approximate surface area is 325 Å². The maximum Gasteiger partial charge on any atom is 0.0754 e. The van der Waals surface area contributed by atoms with E-state index in [4.69, 9.17) is 4.98 Å². The van der Waals surface area contributed by atoms with E-state index in [1.165, 1.54) is 72.0 Å². The Hall–Kier alpha value is -7.29. The van der Waals surface area contributed by atoms with Crippen LogP contribution in [0.1, 0.15) is 22.3 Å². The van der Waals surface area contributed by atoms with E-state index in [9.17, 15) is 0 Å². The zero-order valence-corrected chi connectivity index (χ0v) is 30.5. The van der Waals surface area contributed by atoms with Crippen LogP contribution in [0, 0.1) is 0 Å². The molecule has 3 heterocycles. The van der Waals surface area contributed by atoms with Crippen molar-refractivity contribution >= 4 is 21.8 Å². The van der Waals surface area contributed by atoms with Gasteiger partial charge in [0.2, 0.25) is 0 Å². The summed E-state index contributed by atoms with van der Waals surface area (Å²) in [6.07, 6.45) is 0. The van der Waals surface area contributed by atoms with E-state index in [0.717, 1.165) is 33.6 Å². The monoisotopic (exact) mass is 710 g/mol. The summed E-state index contributed by atoms with van der Waals surface area (Å²) < 4.78 is 2.54. The number of nitrogens with zero attached hydrogens (tertiary/aromatic N) is 2. The van der Waals surface area contributed by atoms with Crippen LogP contribution in [0.15, 0.2) is 206 Å². The molecular weight excluding hydrogens is 677 g/mol. The number of hydrogen-bond acceptors (Lipinski definition) is 1. The molecule has 8 aromatic carbocycles. The molecule has 0 radical (unpaired) electrons. The summed E-state index contributed by atoms with van der Waals surface area (Å²) >= 11 is 0. The molecular formula is C54H34N2. The van der Waals surface area contributed by atoms with Gasteiger partial charge >= 0.3 is 0 Å². The van der Waals surface area contributed by atoms with E-state index >= 15 is 0 Å². The van der Waals surface area contributed by atoms with Crippen molar-refractivity contribution in [3.05, 3.63) is 229 Å². The fraction of sp³-hybridized carbons (Fsp3) is 0.0185. The molecule has 12 rings (SSSR count). The number of fused-ring (bicyclic) bond motifs is 12. The molecule has 1 aliphatic heterocycles. The third-order valence-electron chi connectivity index (χ3n) is 12.2. The van der Waals surface area contributed by atoms with Crippen LogP contribution in [-0.4, -0.2) is 9.55 Å². The van der Waals surface area contributed by atoms with Crippen LogP contribution in [0.5, 0.6) is 0 Å². The molecule has 2 heteroatoms. The molecule has 2 aliphatic rings. The number of aromatic nitrogens is 2. The molecule has 0 unspecified atom stereocenters. The van der Waals surface area contributed by atoms with Crippen molar-refractivity contribution in [2.24, 2.45) is 0 Å². The van der Waals surface area contributed by atoms with E-state index in [1.807, 2.05) is 0 Å². The fourth-order valence-corrected chi connectivity index (χ4v) is 9.81. The highest BCUT2D eigenvalue weighted by Crippen LogP contribution is 2.61. The Balaban J connectivity index is 1.05. The third-order valence-corrected chi connectivity index (χ3v) is 12.2. The topological polar surface area (TPSA) is 17.8 Å². The molecule has 0 atom stereocenters. The Kier molecular flexibility index (Phi) is 6.58. The van der Waals surface area contributed by atoms with Crippen molar-refractivity contribution in [3.63, 3.8) is 0 Å². The van der Waals surface area contributed by atoms with Crippen LogP contribution in [-0.2, 0) is 5.41 Å². The number of pyridine rings is 1. The molecule has 0 fully saturated rings. The van der Waals surface area contributed by atoms with Crippen LogP contribution in [0.3, 0.4) is 0 Å². The summed E-state index contributed by atoms with van der Waals surface area (Å²) in [6.45, 7) is 0. The zero-order chi connectivity index (χ0) is 36.8. The quantitative estimate of drug-likeness (QED) is 0.178. The largest absolute Gasteiger partial charge is 0.309 e. The highest BCUT2D eigenvalue weighted by molar-refractivity contribution is 6.13. The van der Waals surface area contributed by atoms with Gasteiger partial charge in [-0.25, -0.2) is 4.98 Å². The first-order valence-corrected chi connectivity index (χ1v) is 19.4. The fourth-order valence-electron chi connectivity index (χ4n) is 9.81. The van der Waals surface area contributed by atoms with Gasteiger partial charge in [0.25, 0.3) is 0 Å². The van der Waals surface area contributed by atoms with Gasteiger partial charge in [-0.3, -0.25) is 0 Å². The lowest BCUT2D eigenvalue weighted by Crippen LogP contribution is -2.33. The van der Waals surface area contributed by atoms with Gasteiger partial charge in [0.15, 0.2) is 0 Å². The van der Waals surface area contributed by atoms with Gasteiger partial charge in [-0.05, 0) is 79.9 Å². The Morgan fingerprint density at radius 1 is 0.339 bits per heavy atom. The van der Waals surface area contributed by atoms with Gasteiger partial charge in [0.05, 0.1) is 33.5 Å². The second kappa shape index (κ2) is 11.9. The molecule has 0 saturated heterocycles. The van der Waals surface area contributed by atoms with Gasteiger partial charge in [-0.2, -0.15) is 0 Å². The van der Waals surface area contributed by atoms with Crippen LogP contribution >= 0.6 is 0 Å². The molecule has 0 amide bonds. The van der Waals surface area contributed by atoms with E-state index in [2.05, 4.69) is 211 Å². The Bertz CT molecular complexity index is 3070. The zero-order valence-electron chi connectivity index (χ0n) is 30.5. The predicted octanol–water partition coefficient (Wildman–Crippen LogP) is 13.5. The molecule has 2 aromatic heterocycles. The molecule has 56 heavy (non-hydrogen) atoms. The Morgan fingerprint density at radius 2 is 0.857 bits per heavy atom. The van der Waals surface area contributed by atoms with Crippen LogP contribution in [0.25, 0.3) is 83.4 Å². The molecule has 0 N–H and O–H groups in total. The molecule has 2 nitrogen and oxygen atoms in total. The molecule has 10 aromatic rings. The average Bonchev–Trinajstić information content (AvgIpc) is 3.77. The molecule has 0 bridgehead atoms. The van der Waals surface area contributed by atoms with Crippen molar-refractivity contribution < 1.29 is 0 Å². The number of benzene rings is 8. The number of rotatable bonds is 4. The van der Waals surface area contributed by atoms with E-state index in [1.54, 1.807) is 0 Å². The second-order valence-corrected chi connectivity index (χ2v) is 15.1. The standard InChI is InChI=1S/C54H34N2/c1-3-14-37(15-4-1)49-32-40(33-50(55-49)38-16-5-2-6-17-38)36-28-26-35(27-29-36)39-30-31-47-52(34-39)56-51-25-12-9-20-43(51)44-21-13-24-48(53(44)56)54(47)45-22-10-7-18-41(45)42-19-8-11-23-46(42)54/h1-34H. The lowest BCUT2D eigenvalue weighted by molar-refractivity contribution is 0.748. The first-order valence-electron chi connectivity index (χ1n) is 19.4. The SMILES string of the molecule is c1ccc(-c2cc(-c3ccc(-c4ccc5c(c4)-n4c6ccccc6c6cccc(c64)C54c5ccccc5-c5ccccc54)cc3)cc(-c3ccccc3)n2)cc1. The summed E-state index contributed by atoms with van der Waals surface area (Å²) in [7, 11) is 0. The summed E-state index contributed by atoms with van der Waals surface area (Å²) in [4.78, 5) is 5.11. The first kappa shape index (κ1) is 31.1. The predicted molar refractivity (Wildman–Crippen MR) is 231 cm³/mol.